The second-order valence-electron chi connectivity index (χ2n) is 2.06. The van der Waals surface area contributed by atoms with Crippen molar-refractivity contribution in [3.63, 3.8) is 0 Å². The SMILES string of the molecule is FCc1ccn2ncnc2n1. The third-order valence-corrected chi connectivity index (χ3v) is 1.34. The van der Waals surface area contributed by atoms with Crippen molar-refractivity contribution in [1.82, 2.24) is 19.6 Å². The van der Waals surface area contributed by atoms with Crippen LogP contribution in [0.2, 0.25) is 0 Å². The zero-order valence-electron chi connectivity index (χ0n) is 5.61. The highest BCUT2D eigenvalue weighted by Gasteiger charge is 1.97. The Morgan fingerprint density at radius 1 is 1.55 bits per heavy atom. The molecule has 5 heteroatoms. The summed E-state index contributed by atoms with van der Waals surface area (Å²) in [4.78, 5) is 7.67. The van der Waals surface area contributed by atoms with Crippen LogP contribution in [0.3, 0.4) is 0 Å². The van der Waals surface area contributed by atoms with E-state index in [2.05, 4.69) is 15.1 Å². The number of nitrogens with zero attached hydrogens (tertiary/aromatic N) is 4. The summed E-state index contributed by atoms with van der Waals surface area (Å²) in [6, 6.07) is 1.57. The normalized spacial score (nSPS) is 10.6. The van der Waals surface area contributed by atoms with Crippen molar-refractivity contribution in [1.29, 1.82) is 0 Å². The molecule has 0 amide bonds. The molecule has 0 saturated heterocycles. The van der Waals surface area contributed by atoms with E-state index in [4.69, 9.17) is 0 Å². The predicted molar refractivity (Wildman–Crippen MR) is 35.6 cm³/mol. The molecule has 11 heavy (non-hydrogen) atoms. The van der Waals surface area contributed by atoms with Gasteiger partial charge >= 0.3 is 0 Å². The van der Waals surface area contributed by atoms with Gasteiger partial charge in [0.15, 0.2) is 0 Å². The maximum atomic E-state index is 12.0. The molecule has 0 atom stereocenters. The smallest absolute Gasteiger partial charge is 0.244 e. The van der Waals surface area contributed by atoms with E-state index >= 15 is 0 Å². The molecule has 0 aliphatic heterocycles. The van der Waals surface area contributed by atoms with Gasteiger partial charge in [0.25, 0.3) is 5.78 Å². The summed E-state index contributed by atoms with van der Waals surface area (Å²) in [5.74, 6) is 0.431. The first kappa shape index (κ1) is 6.21. The molecule has 0 bridgehead atoms. The highest BCUT2D eigenvalue weighted by Crippen LogP contribution is 1.98. The summed E-state index contributed by atoms with van der Waals surface area (Å²) in [6.45, 7) is -0.566. The van der Waals surface area contributed by atoms with Crippen molar-refractivity contribution in [3.05, 3.63) is 24.3 Å². The fourth-order valence-corrected chi connectivity index (χ4v) is 0.826. The van der Waals surface area contributed by atoms with Gasteiger partial charge in [-0.1, -0.05) is 0 Å². The molecule has 0 radical (unpaired) electrons. The summed E-state index contributed by atoms with van der Waals surface area (Å²) in [5.41, 5.74) is 0.380. The molecule has 2 rings (SSSR count). The lowest BCUT2D eigenvalue weighted by Crippen LogP contribution is -1.93. The molecule has 0 N–H and O–H groups in total. The van der Waals surface area contributed by atoms with Gasteiger partial charge in [-0.2, -0.15) is 10.1 Å². The van der Waals surface area contributed by atoms with E-state index in [9.17, 15) is 4.39 Å². The first-order chi connectivity index (χ1) is 5.40. The quantitative estimate of drug-likeness (QED) is 0.600. The van der Waals surface area contributed by atoms with Gasteiger partial charge < -0.3 is 0 Å². The van der Waals surface area contributed by atoms with Crippen LogP contribution in [0.15, 0.2) is 18.6 Å². The summed E-state index contributed by atoms with van der Waals surface area (Å²) >= 11 is 0. The number of aromatic nitrogens is 4. The third kappa shape index (κ3) is 0.938. The van der Waals surface area contributed by atoms with Gasteiger partial charge in [-0.05, 0) is 6.07 Å². The van der Waals surface area contributed by atoms with Gasteiger partial charge in [-0.3, -0.25) is 0 Å². The number of rotatable bonds is 1. The highest BCUT2D eigenvalue weighted by molar-refractivity contribution is 5.25. The van der Waals surface area contributed by atoms with Crippen molar-refractivity contribution < 1.29 is 4.39 Å². The lowest BCUT2D eigenvalue weighted by atomic mass is 10.4. The van der Waals surface area contributed by atoms with Crippen LogP contribution in [0.5, 0.6) is 0 Å². The van der Waals surface area contributed by atoms with E-state index in [0.29, 0.717) is 11.5 Å². The van der Waals surface area contributed by atoms with Crippen LogP contribution in [0.1, 0.15) is 5.69 Å². The fraction of sp³-hybridized carbons (Fsp3) is 0.167. The first-order valence-corrected chi connectivity index (χ1v) is 3.11. The summed E-state index contributed by atoms with van der Waals surface area (Å²) in [5, 5.41) is 3.81. The lowest BCUT2D eigenvalue weighted by Gasteiger charge is -1.92. The van der Waals surface area contributed by atoms with Crippen molar-refractivity contribution in [2.24, 2.45) is 0 Å². The van der Waals surface area contributed by atoms with E-state index in [1.165, 1.54) is 10.8 Å². The summed E-state index contributed by atoms with van der Waals surface area (Å²) in [7, 11) is 0. The molecule has 0 saturated carbocycles. The molecule has 0 fully saturated rings. The molecule has 2 aromatic rings. The summed E-state index contributed by atoms with van der Waals surface area (Å²) in [6.07, 6.45) is 3.01. The van der Waals surface area contributed by atoms with Gasteiger partial charge in [0.05, 0.1) is 5.69 Å². The number of halogens is 1. The Bertz CT molecular complexity index is 369. The number of alkyl halides is 1. The fourth-order valence-electron chi connectivity index (χ4n) is 0.826. The Morgan fingerprint density at radius 3 is 3.27 bits per heavy atom. The van der Waals surface area contributed by atoms with Crippen LogP contribution in [0.4, 0.5) is 4.39 Å². The molecule has 0 unspecified atom stereocenters. The Kier molecular flexibility index (Phi) is 1.28. The number of hydrogen-bond acceptors (Lipinski definition) is 3. The van der Waals surface area contributed by atoms with Gasteiger partial charge in [0.1, 0.15) is 13.0 Å². The Labute approximate surface area is 61.7 Å². The molecule has 4 nitrogen and oxygen atoms in total. The minimum absolute atomic E-state index is 0.380. The van der Waals surface area contributed by atoms with E-state index in [1.807, 2.05) is 0 Å². The highest BCUT2D eigenvalue weighted by atomic mass is 19.1. The standard InChI is InChI=1S/C6H5FN4/c7-3-5-1-2-11-6(10-5)8-4-9-11/h1-2,4H,3H2. The van der Waals surface area contributed by atoms with Crippen molar-refractivity contribution in [2.45, 2.75) is 6.67 Å². The number of fused-ring (bicyclic) bond motifs is 1. The third-order valence-electron chi connectivity index (χ3n) is 1.34. The zero-order chi connectivity index (χ0) is 7.68. The molecule has 0 aliphatic carbocycles. The summed E-state index contributed by atoms with van der Waals surface area (Å²) < 4.78 is 13.5. The van der Waals surface area contributed by atoms with E-state index in [0.717, 1.165) is 0 Å². The minimum atomic E-state index is -0.566. The van der Waals surface area contributed by atoms with Crippen LogP contribution in [0.25, 0.3) is 5.78 Å². The molecule has 0 aromatic carbocycles. The molecular weight excluding hydrogens is 147 g/mol. The first-order valence-electron chi connectivity index (χ1n) is 3.11. The Balaban J connectivity index is 2.67. The second kappa shape index (κ2) is 2.26. The Hall–Kier alpha value is -1.52. The van der Waals surface area contributed by atoms with Crippen LogP contribution in [-0.2, 0) is 6.67 Å². The van der Waals surface area contributed by atoms with Crippen LogP contribution < -0.4 is 0 Å². The van der Waals surface area contributed by atoms with Crippen LogP contribution in [-0.4, -0.2) is 19.6 Å². The van der Waals surface area contributed by atoms with Gasteiger partial charge in [-0.15, -0.1) is 0 Å². The van der Waals surface area contributed by atoms with E-state index in [1.54, 1.807) is 12.3 Å². The Morgan fingerprint density at radius 2 is 2.45 bits per heavy atom. The van der Waals surface area contributed by atoms with Crippen molar-refractivity contribution >= 4 is 5.78 Å². The van der Waals surface area contributed by atoms with Crippen LogP contribution in [0, 0.1) is 0 Å². The zero-order valence-corrected chi connectivity index (χ0v) is 5.61. The molecule has 0 spiro atoms. The van der Waals surface area contributed by atoms with E-state index in [-0.39, 0.29) is 0 Å². The molecular formula is C6H5FN4. The minimum Gasteiger partial charge on any atom is -0.244 e. The lowest BCUT2D eigenvalue weighted by molar-refractivity contribution is 0.476. The maximum absolute atomic E-state index is 12.0. The average Bonchev–Trinajstić information content (AvgIpc) is 2.50. The van der Waals surface area contributed by atoms with Crippen molar-refractivity contribution in [3.8, 4) is 0 Å². The monoisotopic (exact) mass is 152 g/mol. The van der Waals surface area contributed by atoms with Crippen molar-refractivity contribution in [2.75, 3.05) is 0 Å². The van der Waals surface area contributed by atoms with Gasteiger partial charge in [0, 0.05) is 6.20 Å². The second-order valence-corrected chi connectivity index (χ2v) is 2.06. The van der Waals surface area contributed by atoms with Crippen LogP contribution >= 0.6 is 0 Å². The predicted octanol–water partition coefficient (Wildman–Crippen LogP) is 0.594. The topological polar surface area (TPSA) is 43.1 Å². The molecule has 2 aromatic heterocycles. The largest absolute Gasteiger partial charge is 0.252 e. The maximum Gasteiger partial charge on any atom is 0.252 e. The molecule has 56 valence electrons. The average molecular weight is 152 g/mol. The number of hydrogen-bond donors (Lipinski definition) is 0. The molecule has 2 heterocycles. The molecule has 0 aliphatic rings. The van der Waals surface area contributed by atoms with Gasteiger partial charge in [-0.25, -0.2) is 13.9 Å². The van der Waals surface area contributed by atoms with Gasteiger partial charge in [0.2, 0.25) is 0 Å². The van der Waals surface area contributed by atoms with E-state index < -0.39 is 6.67 Å².